The van der Waals surface area contributed by atoms with E-state index in [0.29, 0.717) is 10.8 Å². The second-order valence-electron chi connectivity index (χ2n) is 12.6. The van der Waals surface area contributed by atoms with Crippen LogP contribution in [0.25, 0.3) is 0 Å². The molecule has 4 nitrogen and oxygen atoms in total. The molecular weight excluding hydrogens is 380 g/mol. The summed E-state index contributed by atoms with van der Waals surface area (Å²) in [4.78, 5) is 7.95. The van der Waals surface area contributed by atoms with Gasteiger partial charge < -0.3 is 15.5 Å². The number of hydrogen-bond donors (Lipinski definition) is 1. The van der Waals surface area contributed by atoms with Crippen molar-refractivity contribution in [2.75, 3.05) is 46.3 Å². The molecule has 2 N–H and O–H groups in total. The SMILES string of the molecule is CC(CCC(C)N1CCC2(CCCN(C(C)N)C2)C1)C1CCC2(CCCN(C)C2)CC1. The Morgan fingerprint density at radius 1 is 0.774 bits per heavy atom. The first-order valence-electron chi connectivity index (χ1n) is 13.7. The number of hydrogen-bond acceptors (Lipinski definition) is 4. The molecule has 1 aliphatic carbocycles. The molecule has 0 aromatic heterocycles. The minimum atomic E-state index is 0.216. The van der Waals surface area contributed by atoms with Crippen molar-refractivity contribution in [3.05, 3.63) is 0 Å². The summed E-state index contributed by atoms with van der Waals surface area (Å²) >= 11 is 0. The first-order chi connectivity index (χ1) is 14.8. The van der Waals surface area contributed by atoms with Crippen molar-refractivity contribution in [1.29, 1.82) is 0 Å². The molecule has 0 aromatic rings. The molecule has 4 atom stereocenters. The average molecular weight is 433 g/mol. The van der Waals surface area contributed by atoms with E-state index in [-0.39, 0.29) is 6.17 Å². The Balaban J connectivity index is 1.20. The molecule has 0 amide bonds. The van der Waals surface area contributed by atoms with Crippen LogP contribution in [0.5, 0.6) is 0 Å². The van der Waals surface area contributed by atoms with E-state index in [1.165, 1.54) is 110 Å². The summed E-state index contributed by atoms with van der Waals surface area (Å²) in [6.45, 7) is 15.0. The Hall–Kier alpha value is -0.160. The maximum absolute atomic E-state index is 6.23. The first kappa shape index (κ1) is 24.0. The Morgan fingerprint density at radius 2 is 1.45 bits per heavy atom. The van der Waals surface area contributed by atoms with Gasteiger partial charge in [-0.15, -0.1) is 0 Å². The molecule has 0 aromatic carbocycles. The van der Waals surface area contributed by atoms with E-state index in [2.05, 4.69) is 42.5 Å². The van der Waals surface area contributed by atoms with E-state index in [1.807, 2.05) is 0 Å². The van der Waals surface area contributed by atoms with Gasteiger partial charge in [0.05, 0.1) is 6.17 Å². The van der Waals surface area contributed by atoms with Crippen LogP contribution >= 0.6 is 0 Å². The van der Waals surface area contributed by atoms with Crippen LogP contribution in [0.1, 0.15) is 91.4 Å². The third-order valence-corrected chi connectivity index (χ3v) is 10.1. The van der Waals surface area contributed by atoms with Crippen LogP contribution in [-0.4, -0.2) is 73.2 Å². The molecule has 180 valence electrons. The minimum Gasteiger partial charge on any atom is -0.316 e. The maximum Gasteiger partial charge on any atom is 0.0542 e. The first-order valence-corrected chi connectivity index (χ1v) is 13.7. The average Bonchev–Trinajstić information content (AvgIpc) is 3.15. The lowest BCUT2D eigenvalue weighted by Gasteiger charge is -2.47. The zero-order valence-corrected chi connectivity index (χ0v) is 21.2. The van der Waals surface area contributed by atoms with Crippen molar-refractivity contribution in [3.8, 4) is 0 Å². The second-order valence-corrected chi connectivity index (χ2v) is 12.6. The fourth-order valence-electron chi connectivity index (χ4n) is 7.88. The third-order valence-electron chi connectivity index (χ3n) is 10.1. The molecule has 3 saturated heterocycles. The van der Waals surface area contributed by atoms with Crippen LogP contribution < -0.4 is 5.73 Å². The van der Waals surface area contributed by atoms with Crippen LogP contribution in [0.4, 0.5) is 0 Å². The minimum absolute atomic E-state index is 0.216. The summed E-state index contributed by atoms with van der Waals surface area (Å²) < 4.78 is 0. The number of nitrogens with zero attached hydrogens (tertiary/aromatic N) is 3. The lowest BCUT2D eigenvalue weighted by molar-refractivity contribution is 0.0395. The predicted molar refractivity (Wildman–Crippen MR) is 132 cm³/mol. The third kappa shape index (κ3) is 5.67. The van der Waals surface area contributed by atoms with Gasteiger partial charge in [-0.1, -0.05) is 6.92 Å². The van der Waals surface area contributed by atoms with Crippen molar-refractivity contribution in [2.45, 2.75) is 104 Å². The topological polar surface area (TPSA) is 35.7 Å². The van der Waals surface area contributed by atoms with E-state index in [4.69, 9.17) is 5.73 Å². The lowest BCUT2D eigenvalue weighted by atomic mass is 9.64. The van der Waals surface area contributed by atoms with Crippen molar-refractivity contribution in [1.82, 2.24) is 14.7 Å². The van der Waals surface area contributed by atoms with Gasteiger partial charge in [-0.25, -0.2) is 0 Å². The van der Waals surface area contributed by atoms with Crippen LogP contribution in [0.2, 0.25) is 0 Å². The molecular formula is C27H52N4. The highest BCUT2D eigenvalue weighted by Gasteiger charge is 2.43. The Labute approximate surface area is 193 Å². The molecule has 0 radical (unpaired) electrons. The molecule has 2 spiro atoms. The van der Waals surface area contributed by atoms with Crippen molar-refractivity contribution >= 4 is 0 Å². The molecule has 3 heterocycles. The number of likely N-dealkylation sites (tertiary alicyclic amines) is 3. The highest BCUT2D eigenvalue weighted by molar-refractivity contribution is 4.97. The van der Waals surface area contributed by atoms with E-state index >= 15 is 0 Å². The van der Waals surface area contributed by atoms with E-state index < -0.39 is 0 Å². The number of nitrogens with two attached hydrogens (primary N) is 1. The van der Waals surface area contributed by atoms with Crippen LogP contribution in [0.3, 0.4) is 0 Å². The largest absolute Gasteiger partial charge is 0.316 e. The summed E-state index contributed by atoms with van der Waals surface area (Å²) in [6.07, 6.45) is 16.0. The quantitative estimate of drug-likeness (QED) is 0.655. The molecule has 4 unspecified atom stereocenters. The number of piperidine rings is 2. The van der Waals surface area contributed by atoms with Gasteiger partial charge in [-0.3, -0.25) is 4.90 Å². The number of rotatable bonds is 6. The van der Waals surface area contributed by atoms with Crippen LogP contribution in [0, 0.1) is 22.7 Å². The van der Waals surface area contributed by atoms with Crippen molar-refractivity contribution in [2.24, 2.45) is 28.4 Å². The zero-order valence-electron chi connectivity index (χ0n) is 21.2. The summed E-state index contributed by atoms with van der Waals surface area (Å²) in [5.41, 5.74) is 7.43. The van der Waals surface area contributed by atoms with Gasteiger partial charge >= 0.3 is 0 Å². The van der Waals surface area contributed by atoms with Crippen molar-refractivity contribution in [3.63, 3.8) is 0 Å². The van der Waals surface area contributed by atoms with Gasteiger partial charge in [0.25, 0.3) is 0 Å². The Bertz CT molecular complexity index is 570. The van der Waals surface area contributed by atoms with Gasteiger partial charge in [0.2, 0.25) is 0 Å². The maximum atomic E-state index is 6.23. The van der Waals surface area contributed by atoms with Crippen LogP contribution in [0.15, 0.2) is 0 Å². The fraction of sp³-hybridized carbons (Fsp3) is 1.00. The van der Waals surface area contributed by atoms with Gasteiger partial charge in [0.15, 0.2) is 0 Å². The molecule has 4 heteroatoms. The van der Waals surface area contributed by atoms with E-state index in [0.717, 1.165) is 17.9 Å². The Kier molecular flexibility index (Phi) is 7.73. The van der Waals surface area contributed by atoms with E-state index in [1.54, 1.807) is 0 Å². The molecule has 0 bridgehead atoms. The summed E-state index contributed by atoms with van der Waals surface area (Å²) in [6, 6.07) is 0.745. The van der Waals surface area contributed by atoms with E-state index in [9.17, 15) is 0 Å². The Morgan fingerprint density at radius 3 is 2.16 bits per heavy atom. The predicted octanol–water partition coefficient (Wildman–Crippen LogP) is 4.79. The van der Waals surface area contributed by atoms with Gasteiger partial charge in [-0.05, 0) is 134 Å². The highest BCUT2D eigenvalue weighted by atomic mass is 15.3. The normalized spacial score (nSPS) is 39.2. The van der Waals surface area contributed by atoms with Gasteiger partial charge in [-0.2, -0.15) is 0 Å². The molecule has 4 rings (SSSR count). The van der Waals surface area contributed by atoms with Crippen molar-refractivity contribution < 1.29 is 0 Å². The molecule has 4 fully saturated rings. The molecule has 4 aliphatic rings. The summed E-state index contributed by atoms with van der Waals surface area (Å²) in [5.74, 6) is 1.88. The smallest absolute Gasteiger partial charge is 0.0542 e. The standard InChI is InChI=1S/C27H52N4/c1-22(25-9-13-26(14-10-25)11-5-16-29(4)19-26)7-8-23(2)30-18-15-27(20-30)12-6-17-31(21-27)24(3)28/h22-25H,5-21,28H2,1-4H3. The molecule has 1 saturated carbocycles. The lowest BCUT2D eigenvalue weighted by Crippen LogP contribution is -2.51. The molecule has 3 aliphatic heterocycles. The van der Waals surface area contributed by atoms with Gasteiger partial charge in [0, 0.05) is 25.7 Å². The monoisotopic (exact) mass is 432 g/mol. The highest BCUT2D eigenvalue weighted by Crippen LogP contribution is 2.47. The van der Waals surface area contributed by atoms with Gasteiger partial charge in [0.1, 0.15) is 0 Å². The summed E-state index contributed by atoms with van der Waals surface area (Å²) in [7, 11) is 2.33. The fourth-order valence-corrected chi connectivity index (χ4v) is 7.88. The zero-order chi connectivity index (χ0) is 22.1. The summed E-state index contributed by atoms with van der Waals surface area (Å²) in [5, 5.41) is 0. The molecule has 31 heavy (non-hydrogen) atoms. The van der Waals surface area contributed by atoms with Crippen LogP contribution in [-0.2, 0) is 0 Å². The second kappa shape index (κ2) is 9.99.